The van der Waals surface area contributed by atoms with Crippen LogP contribution in [0.2, 0.25) is 0 Å². The second kappa shape index (κ2) is 9.34. The van der Waals surface area contributed by atoms with Crippen LogP contribution in [0.25, 0.3) is 11.4 Å². The highest BCUT2D eigenvalue weighted by Crippen LogP contribution is 2.30. The summed E-state index contributed by atoms with van der Waals surface area (Å²) in [6, 6.07) is 1.35. The Hall–Kier alpha value is -3.98. The molecule has 0 aliphatic carbocycles. The van der Waals surface area contributed by atoms with Crippen LogP contribution < -0.4 is 5.32 Å². The molecule has 3 aromatic rings. The molecule has 188 valence electrons. The third-order valence-corrected chi connectivity index (χ3v) is 4.56. The van der Waals surface area contributed by atoms with Gasteiger partial charge in [0.2, 0.25) is 17.6 Å². The molecule has 1 atom stereocenters. The lowest BCUT2D eigenvalue weighted by Crippen LogP contribution is -2.32. The van der Waals surface area contributed by atoms with Crippen LogP contribution in [-0.4, -0.2) is 55.7 Å². The fourth-order valence-corrected chi connectivity index (χ4v) is 2.71. The molecule has 10 nitrogen and oxygen atoms in total. The molecule has 0 saturated heterocycles. The first kappa shape index (κ1) is 25.6. The van der Waals surface area contributed by atoms with Gasteiger partial charge in [0.05, 0.1) is 0 Å². The minimum absolute atomic E-state index is 0.0593. The number of likely N-dealkylation sites (N-methyl/N-ethyl adjacent to an activating group) is 1. The predicted molar refractivity (Wildman–Crippen MR) is 104 cm³/mol. The van der Waals surface area contributed by atoms with Crippen LogP contribution in [0.1, 0.15) is 40.7 Å². The molecular weight excluding hydrogens is 488 g/mol. The molecule has 35 heavy (non-hydrogen) atoms. The van der Waals surface area contributed by atoms with Gasteiger partial charge < -0.3 is 14.7 Å². The van der Waals surface area contributed by atoms with E-state index in [0.29, 0.717) is 16.8 Å². The van der Waals surface area contributed by atoms with Crippen molar-refractivity contribution < 1.29 is 40.5 Å². The van der Waals surface area contributed by atoms with E-state index in [9.17, 15) is 35.9 Å². The number of rotatable bonds is 6. The number of carbonyl (C=O) groups is 2. The number of hydrogen-bond acceptors (Lipinski definition) is 7. The van der Waals surface area contributed by atoms with Crippen LogP contribution in [0.4, 0.5) is 26.3 Å². The molecule has 16 heteroatoms. The molecular formula is C19H17F6N7O3. The molecule has 1 N–H and O–H groups in total. The number of hydrogen-bond donors (Lipinski definition) is 1. The summed E-state index contributed by atoms with van der Waals surface area (Å²) >= 11 is 0. The third kappa shape index (κ3) is 5.93. The third-order valence-electron chi connectivity index (χ3n) is 4.56. The van der Waals surface area contributed by atoms with Crippen molar-refractivity contribution in [3.05, 3.63) is 47.4 Å². The summed E-state index contributed by atoms with van der Waals surface area (Å²) in [6.07, 6.45) is -8.65. The Morgan fingerprint density at radius 3 is 2.37 bits per heavy atom. The smallest absolute Gasteiger partial charge is 0.347 e. The molecule has 3 rings (SSSR count). The van der Waals surface area contributed by atoms with E-state index in [-0.39, 0.29) is 17.3 Å². The molecule has 0 unspecified atom stereocenters. The van der Waals surface area contributed by atoms with Gasteiger partial charge in [-0.1, -0.05) is 5.16 Å². The zero-order valence-electron chi connectivity index (χ0n) is 18.3. The second-order valence-corrected chi connectivity index (χ2v) is 7.44. The number of amides is 2. The molecule has 0 aliphatic rings. The van der Waals surface area contributed by atoms with E-state index in [2.05, 4.69) is 25.5 Å². The van der Waals surface area contributed by atoms with Crippen molar-refractivity contribution in [2.75, 3.05) is 14.1 Å². The molecule has 3 heterocycles. The summed E-state index contributed by atoms with van der Waals surface area (Å²) in [5.41, 5.74) is -3.16. The van der Waals surface area contributed by atoms with Crippen molar-refractivity contribution >= 4 is 11.8 Å². The van der Waals surface area contributed by atoms with Crippen LogP contribution in [-0.2, 0) is 23.7 Å². The van der Waals surface area contributed by atoms with Gasteiger partial charge in [0, 0.05) is 31.9 Å². The number of nitrogens with one attached hydrogen (secondary N) is 1. The van der Waals surface area contributed by atoms with Gasteiger partial charge in [0.25, 0.3) is 5.91 Å². The number of nitrogens with zero attached hydrogens (tertiary/aromatic N) is 6. The topological polar surface area (TPSA) is 119 Å². The van der Waals surface area contributed by atoms with Crippen molar-refractivity contribution in [1.29, 1.82) is 0 Å². The molecule has 2 amide bonds. The monoisotopic (exact) mass is 505 g/mol. The minimum Gasteiger partial charge on any atom is -0.347 e. The van der Waals surface area contributed by atoms with E-state index in [1.54, 1.807) is 0 Å². The standard InChI is InChI=1S/C19H17F6N7O3/c1-9(17-28-15(30-35-17)10-4-5-26-12(6-10)18(20,21)22)27-16(34)11-7-13(19(23,24)25)29-32(11)8-14(33)31(2)3/h4-7,9H,8H2,1-3H3,(H,27,34)/t9-/m0/s1. The van der Waals surface area contributed by atoms with E-state index >= 15 is 0 Å². The van der Waals surface area contributed by atoms with Crippen LogP contribution in [0.15, 0.2) is 28.9 Å². The quantitative estimate of drug-likeness (QED) is 0.512. The van der Waals surface area contributed by atoms with Gasteiger partial charge in [-0.25, -0.2) is 4.68 Å². The summed E-state index contributed by atoms with van der Waals surface area (Å²) in [6.45, 7) is 0.730. The Bertz CT molecular complexity index is 1230. The van der Waals surface area contributed by atoms with E-state index in [1.165, 1.54) is 27.1 Å². The van der Waals surface area contributed by atoms with Gasteiger partial charge in [-0.05, 0) is 19.1 Å². The van der Waals surface area contributed by atoms with Crippen molar-refractivity contribution in [2.24, 2.45) is 0 Å². The molecule has 3 aromatic heterocycles. The second-order valence-electron chi connectivity index (χ2n) is 7.44. The molecule has 0 aromatic carbocycles. The number of alkyl halides is 6. The summed E-state index contributed by atoms with van der Waals surface area (Å²) in [5.74, 6) is -2.10. The highest BCUT2D eigenvalue weighted by molar-refractivity contribution is 5.93. The first-order valence-electron chi connectivity index (χ1n) is 9.70. The SMILES string of the molecule is C[C@H](NC(=O)c1cc(C(F)(F)F)nn1CC(=O)N(C)C)c1nc(-c2ccnc(C(F)(F)F)c2)no1. The van der Waals surface area contributed by atoms with E-state index in [1.807, 2.05) is 0 Å². The van der Waals surface area contributed by atoms with E-state index in [4.69, 9.17) is 4.52 Å². The lowest BCUT2D eigenvalue weighted by atomic mass is 10.2. The summed E-state index contributed by atoms with van der Waals surface area (Å²) in [7, 11) is 2.76. The Kier molecular flexibility index (Phi) is 6.84. The average molecular weight is 505 g/mol. The number of carbonyl (C=O) groups excluding carboxylic acids is 2. The van der Waals surface area contributed by atoms with Gasteiger partial charge in [-0.15, -0.1) is 0 Å². The van der Waals surface area contributed by atoms with Gasteiger partial charge in [0.15, 0.2) is 5.69 Å². The molecule has 0 radical (unpaired) electrons. The zero-order chi connectivity index (χ0) is 26.1. The Balaban J connectivity index is 1.82. The molecule has 0 saturated carbocycles. The first-order chi connectivity index (χ1) is 16.2. The molecule has 0 fully saturated rings. The van der Waals surface area contributed by atoms with Gasteiger partial charge in [-0.3, -0.25) is 14.6 Å². The van der Waals surface area contributed by atoms with E-state index < -0.39 is 53.8 Å². The van der Waals surface area contributed by atoms with Crippen LogP contribution >= 0.6 is 0 Å². The van der Waals surface area contributed by atoms with Gasteiger partial charge in [-0.2, -0.15) is 36.4 Å². The minimum atomic E-state index is -4.87. The summed E-state index contributed by atoms with van der Waals surface area (Å²) < 4.78 is 83.6. The summed E-state index contributed by atoms with van der Waals surface area (Å²) in [5, 5.41) is 9.23. The fraction of sp³-hybridized carbons (Fsp3) is 0.368. The predicted octanol–water partition coefficient (Wildman–Crippen LogP) is 2.94. The van der Waals surface area contributed by atoms with Crippen LogP contribution in [0, 0.1) is 0 Å². The summed E-state index contributed by atoms with van der Waals surface area (Å²) in [4.78, 5) is 32.9. The maximum absolute atomic E-state index is 13.1. The lowest BCUT2D eigenvalue weighted by Gasteiger charge is -2.13. The Morgan fingerprint density at radius 2 is 1.77 bits per heavy atom. The van der Waals surface area contributed by atoms with Gasteiger partial charge in [0.1, 0.15) is 24.0 Å². The fourth-order valence-electron chi connectivity index (χ4n) is 2.71. The highest BCUT2D eigenvalue weighted by Gasteiger charge is 2.37. The Labute approximate surface area is 192 Å². The van der Waals surface area contributed by atoms with Crippen molar-refractivity contribution in [1.82, 2.24) is 35.1 Å². The highest BCUT2D eigenvalue weighted by atomic mass is 19.4. The maximum Gasteiger partial charge on any atom is 0.435 e. The molecule has 0 spiro atoms. The Morgan fingerprint density at radius 1 is 1.11 bits per heavy atom. The molecule has 0 bridgehead atoms. The zero-order valence-corrected chi connectivity index (χ0v) is 18.3. The average Bonchev–Trinajstić information content (AvgIpc) is 3.40. The van der Waals surface area contributed by atoms with Crippen molar-refractivity contribution in [3.8, 4) is 11.4 Å². The number of pyridine rings is 1. The lowest BCUT2D eigenvalue weighted by molar-refractivity contribution is -0.142. The molecule has 0 aliphatic heterocycles. The normalized spacial score (nSPS) is 12.9. The van der Waals surface area contributed by atoms with Gasteiger partial charge >= 0.3 is 12.4 Å². The number of aromatic nitrogens is 5. The van der Waals surface area contributed by atoms with Crippen molar-refractivity contribution in [2.45, 2.75) is 31.9 Å². The first-order valence-corrected chi connectivity index (χ1v) is 9.70. The van der Waals surface area contributed by atoms with Crippen molar-refractivity contribution in [3.63, 3.8) is 0 Å². The maximum atomic E-state index is 13.1. The van der Waals surface area contributed by atoms with Crippen LogP contribution in [0.3, 0.4) is 0 Å². The largest absolute Gasteiger partial charge is 0.435 e. The van der Waals surface area contributed by atoms with Crippen LogP contribution in [0.5, 0.6) is 0 Å². The van der Waals surface area contributed by atoms with E-state index in [0.717, 1.165) is 11.1 Å². The number of halogens is 6.